The number of benzene rings is 2. The molecular formula is C21H29N3O4S. The van der Waals surface area contributed by atoms with Crippen LogP contribution in [-0.4, -0.2) is 45.5 Å². The van der Waals surface area contributed by atoms with Crippen LogP contribution in [0.4, 0.5) is 5.69 Å². The summed E-state index contributed by atoms with van der Waals surface area (Å²) in [5.41, 5.74) is 1.58. The third kappa shape index (κ3) is 6.56. The molecule has 0 aromatic heterocycles. The van der Waals surface area contributed by atoms with Gasteiger partial charge in [0.05, 0.1) is 18.0 Å². The fourth-order valence-corrected chi connectivity index (χ4v) is 3.99. The number of hydrogen-bond acceptors (Lipinski definition) is 5. The summed E-state index contributed by atoms with van der Waals surface area (Å²) in [6.45, 7) is 5.93. The molecule has 29 heavy (non-hydrogen) atoms. The molecule has 0 fully saturated rings. The molecule has 8 heteroatoms. The molecule has 0 spiro atoms. The highest BCUT2D eigenvalue weighted by Gasteiger charge is 2.19. The molecule has 0 aliphatic carbocycles. The molecule has 0 saturated carbocycles. The average molecular weight is 420 g/mol. The summed E-state index contributed by atoms with van der Waals surface area (Å²) >= 11 is 0. The molecule has 1 atom stereocenters. The molecule has 2 N–H and O–H groups in total. The Labute approximate surface area is 173 Å². The van der Waals surface area contributed by atoms with Crippen molar-refractivity contribution in [3.8, 4) is 5.75 Å². The number of hydrogen-bond donors (Lipinski definition) is 2. The largest absolute Gasteiger partial charge is 0.497 e. The number of carbonyl (C=O) groups is 1. The minimum absolute atomic E-state index is 0.160. The maximum absolute atomic E-state index is 12.6. The molecule has 0 unspecified atom stereocenters. The fourth-order valence-electron chi connectivity index (χ4n) is 2.74. The van der Waals surface area contributed by atoms with Gasteiger partial charge in [-0.1, -0.05) is 12.1 Å². The normalized spacial score (nSPS) is 12.8. The number of ether oxygens (including phenoxy) is 1. The summed E-state index contributed by atoms with van der Waals surface area (Å²) in [6, 6.07) is 13.3. The molecule has 0 aliphatic rings. The Balaban J connectivity index is 1.99. The lowest BCUT2D eigenvalue weighted by Crippen LogP contribution is -2.39. The van der Waals surface area contributed by atoms with Gasteiger partial charge in [-0.15, -0.1) is 0 Å². The molecule has 2 aromatic carbocycles. The monoisotopic (exact) mass is 419 g/mol. The standard InChI is InChI=1S/C21H29N3O4S/c1-15(2)23-29(26,27)20-11-9-18(10-12-20)22-21(25)16(3)24(4)14-17-7-6-8-19(13-17)28-5/h6-13,15-16,23H,14H2,1-5H3,(H,22,25)/t16-/m1/s1. The first-order valence-corrected chi connectivity index (χ1v) is 10.9. The van der Waals surface area contributed by atoms with Crippen molar-refractivity contribution in [2.24, 2.45) is 0 Å². The maximum atomic E-state index is 12.6. The Bertz CT molecular complexity index is 927. The van der Waals surface area contributed by atoms with Gasteiger partial charge < -0.3 is 10.1 Å². The van der Waals surface area contributed by atoms with Crippen LogP contribution in [-0.2, 0) is 21.4 Å². The van der Waals surface area contributed by atoms with Gasteiger partial charge in [0.25, 0.3) is 0 Å². The van der Waals surface area contributed by atoms with Gasteiger partial charge in [-0.3, -0.25) is 9.69 Å². The maximum Gasteiger partial charge on any atom is 0.241 e. The highest BCUT2D eigenvalue weighted by molar-refractivity contribution is 7.89. The summed E-state index contributed by atoms with van der Waals surface area (Å²) in [7, 11) is -0.0647. The number of amides is 1. The summed E-state index contributed by atoms with van der Waals surface area (Å²) in [5.74, 6) is 0.598. The Hall–Kier alpha value is -2.42. The molecule has 2 aromatic rings. The van der Waals surface area contributed by atoms with E-state index >= 15 is 0 Å². The van der Waals surface area contributed by atoms with Crippen molar-refractivity contribution in [2.45, 2.75) is 44.3 Å². The molecule has 0 bridgehead atoms. The van der Waals surface area contributed by atoms with Crippen LogP contribution in [0.15, 0.2) is 53.4 Å². The van der Waals surface area contributed by atoms with E-state index in [1.165, 1.54) is 12.1 Å². The third-order valence-corrected chi connectivity index (χ3v) is 6.10. The number of rotatable bonds is 9. The van der Waals surface area contributed by atoms with Crippen molar-refractivity contribution < 1.29 is 17.9 Å². The minimum Gasteiger partial charge on any atom is -0.497 e. The van der Waals surface area contributed by atoms with Crippen LogP contribution in [0.2, 0.25) is 0 Å². The summed E-state index contributed by atoms with van der Waals surface area (Å²) in [4.78, 5) is 14.7. The van der Waals surface area contributed by atoms with E-state index in [9.17, 15) is 13.2 Å². The summed E-state index contributed by atoms with van der Waals surface area (Å²) in [5, 5.41) is 2.83. The lowest BCUT2D eigenvalue weighted by molar-refractivity contribution is -0.120. The van der Waals surface area contributed by atoms with E-state index in [1.54, 1.807) is 33.1 Å². The van der Waals surface area contributed by atoms with Crippen LogP contribution >= 0.6 is 0 Å². The van der Waals surface area contributed by atoms with Crippen LogP contribution in [0.25, 0.3) is 0 Å². The molecule has 158 valence electrons. The topological polar surface area (TPSA) is 87.7 Å². The average Bonchev–Trinajstić information content (AvgIpc) is 2.66. The number of sulfonamides is 1. The minimum atomic E-state index is -3.56. The number of nitrogens with one attached hydrogen (secondary N) is 2. The van der Waals surface area contributed by atoms with Crippen LogP contribution in [0.1, 0.15) is 26.3 Å². The first-order valence-electron chi connectivity index (χ1n) is 9.39. The molecule has 0 radical (unpaired) electrons. The van der Waals surface area contributed by atoms with E-state index < -0.39 is 10.0 Å². The van der Waals surface area contributed by atoms with E-state index in [2.05, 4.69) is 10.0 Å². The van der Waals surface area contributed by atoms with Gasteiger partial charge in [0.1, 0.15) is 5.75 Å². The van der Waals surface area contributed by atoms with Crippen molar-refractivity contribution in [3.63, 3.8) is 0 Å². The second kappa shape index (κ2) is 9.87. The van der Waals surface area contributed by atoms with E-state index in [-0.39, 0.29) is 22.9 Å². The van der Waals surface area contributed by atoms with Crippen molar-refractivity contribution in [3.05, 3.63) is 54.1 Å². The molecule has 0 heterocycles. The van der Waals surface area contributed by atoms with Gasteiger partial charge in [0, 0.05) is 18.3 Å². The van der Waals surface area contributed by atoms with Crippen LogP contribution in [0.3, 0.4) is 0 Å². The van der Waals surface area contributed by atoms with E-state index in [0.717, 1.165) is 11.3 Å². The van der Waals surface area contributed by atoms with Gasteiger partial charge in [-0.2, -0.15) is 0 Å². The Morgan fingerprint density at radius 3 is 2.34 bits per heavy atom. The molecule has 2 rings (SSSR count). The first-order chi connectivity index (χ1) is 13.6. The predicted molar refractivity (Wildman–Crippen MR) is 114 cm³/mol. The lowest BCUT2D eigenvalue weighted by Gasteiger charge is -2.24. The van der Waals surface area contributed by atoms with Gasteiger partial charge in [0.2, 0.25) is 15.9 Å². The number of nitrogens with zero attached hydrogens (tertiary/aromatic N) is 1. The Kier molecular flexibility index (Phi) is 7.78. The molecule has 0 saturated heterocycles. The second-order valence-corrected chi connectivity index (χ2v) is 8.95. The lowest BCUT2D eigenvalue weighted by atomic mass is 10.1. The highest BCUT2D eigenvalue weighted by atomic mass is 32.2. The Morgan fingerprint density at radius 2 is 1.76 bits per heavy atom. The fraction of sp³-hybridized carbons (Fsp3) is 0.381. The van der Waals surface area contributed by atoms with Crippen LogP contribution in [0, 0.1) is 0 Å². The zero-order valence-corrected chi connectivity index (χ0v) is 18.3. The number of carbonyl (C=O) groups excluding carboxylic acids is 1. The smallest absolute Gasteiger partial charge is 0.241 e. The van der Waals surface area contributed by atoms with E-state index in [4.69, 9.17) is 4.74 Å². The first kappa shape index (κ1) is 22.9. The second-order valence-electron chi connectivity index (χ2n) is 7.23. The third-order valence-electron chi connectivity index (χ3n) is 4.43. The molecular weight excluding hydrogens is 390 g/mol. The van der Waals surface area contributed by atoms with Gasteiger partial charge >= 0.3 is 0 Å². The van der Waals surface area contributed by atoms with Crippen molar-refractivity contribution in [1.82, 2.24) is 9.62 Å². The molecule has 7 nitrogen and oxygen atoms in total. The molecule has 0 aliphatic heterocycles. The zero-order chi connectivity index (χ0) is 21.6. The highest BCUT2D eigenvalue weighted by Crippen LogP contribution is 2.17. The SMILES string of the molecule is COc1cccc(CN(C)[C@H](C)C(=O)Nc2ccc(S(=O)(=O)NC(C)C)cc2)c1. The van der Waals surface area contributed by atoms with Crippen LogP contribution in [0.5, 0.6) is 5.75 Å². The van der Waals surface area contributed by atoms with E-state index in [0.29, 0.717) is 12.2 Å². The Morgan fingerprint density at radius 1 is 1.10 bits per heavy atom. The number of likely N-dealkylation sites (N-methyl/N-ethyl adjacent to an activating group) is 1. The van der Waals surface area contributed by atoms with Crippen molar-refractivity contribution in [2.75, 3.05) is 19.5 Å². The van der Waals surface area contributed by atoms with E-state index in [1.807, 2.05) is 43.1 Å². The number of anilines is 1. The van der Waals surface area contributed by atoms with Gasteiger partial charge in [0.15, 0.2) is 0 Å². The number of methoxy groups -OCH3 is 1. The van der Waals surface area contributed by atoms with Crippen molar-refractivity contribution in [1.29, 1.82) is 0 Å². The predicted octanol–water partition coefficient (Wildman–Crippen LogP) is 2.84. The summed E-state index contributed by atoms with van der Waals surface area (Å²) in [6.07, 6.45) is 0. The molecule has 1 amide bonds. The van der Waals surface area contributed by atoms with Gasteiger partial charge in [-0.05, 0) is 69.8 Å². The quantitative estimate of drug-likeness (QED) is 0.653. The van der Waals surface area contributed by atoms with Crippen LogP contribution < -0.4 is 14.8 Å². The van der Waals surface area contributed by atoms with Crippen molar-refractivity contribution >= 4 is 21.6 Å². The summed E-state index contributed by atoms with van der Waals surface area (Å²) < 4.78 is 32.1. The van der Waals surface area contributed by atoms with Gasteiger partial charge in [-0.25, -0.2) is 13.1 Å². The zero-order valence-electron chi connectivity index (χ0n) is 17.5.